The topological polar surface area (TPSA) is 80.6 Å². The highest BCUT2D eigenvalue weighted by atomic mass is 16.5. The van der Waals surface area contributed by atoms with Crippen LogP contribution in [0.25, 0.3) is 0 Å². The summed E-state index contributed by atoms with van der Waals surface area (Å²) in [5, 5.41) is 11.7. The first-order valence-corrected chi connectivity index (χ1v) is 8.26. The van der Waals surface area contributed by atoms with Gasteiger partial charge in [-0.25, -0.2) is 0 Å². The van der Waals surface area contributed by atoms with Crippen LogP contribution in [-0.4, -0.2) is 26.2 Å². The van der Waals surface area contributed by atoms with E-state index in [9.17, 15) is 4.79 Å². The van der Waals surface area contributed by atoms with Gasteiger partial charge in [-0.2, -0.15) is 5.26 Å². The fourth-order valence-corrected chi connectivity index (χ4v) is 2.14. The first kappa shape index (κ1) is 19.1. The minimum Gasteiger partial charge on any atom is -0.493 e. The number of anilines is 1. The molecular weight excluding hydrogens is 332 g/mol. The van der Waals surface area contributed by atoms with E-state index in [1.165, 1.54) is 7.11 Å². The number of hydrogen-bond donors (Lipinski definition) is 1. The van der Waals surface area contributed by atoms with Gasteiger partial charge in [-0.15, -0.1) is 0 Å². The second kappa shape index (κ2) is 9.33. The average molecular weight is 354 g/mol. The van der Waals surface area contributed by atoms with E-state index in [4.69, 9.17) is 19.5 Å². The van der Waals surface area contributed by atoms with Crippen molar-refractivity contribution >= 4 is 11.6 Å². The Kier molecular flexibility index (Phi) is 6.86. The molecule has 2 aromatic carbocycles. The second-order valence-corrected chi connectivity index (χ2v) is 6.02. The number of nitrogens with one attached hydrogen (secondary N) is 1. The van der Waals surface area contributed by atoms with Crippen LogP contribution in [0.15, 0.2) is 42.5 Å². The maximum Gasteiger partial charge on any atom is 0.262 e. The number of carbonyl (C=O) groups excluding carboxylic acids is 1. The van der Waals surface area contributed by atoms with E-state index in [1.54, 1.807) is 24.3 Å². The Morgan fingerprint density at radius 1 is 1.12 bits per heavy atom. The third kappa shape index (κ3) is 5.42. The number of amides is 1. The van der Waals surface area contributed by atoms with Crippen LogP contribution >= 0.6 is 0 Å². The molecule has 0 spiro atoms. The minimum atomic E-state index is -0.322. The molecule has 0 atom stereocenters. The Balaban J connectivity index is 1.99. The van der Waals surface area contributed by atoms with Crippen molar-refractivity contribution in [3.63, 3.8) is 0 Å². The van der Waals surface area contributed by atoms with Crippen molar-refractivity contribution in [2.75, 3.05) is 25.6 Å². The van der Waals surface area contributed by atoms with E-state index in [0.29, 0.717) is 41.0 Å². The molecule has 0 saturated carbocycles. The van der Waals surface area contributed by atoms with Gasteiger partial charge >= 0.3 is 0 Å². The Morgan fingerprint density at radius 2 is 1.88 bits per heavy atom. The molecule has 0 aliphatic rings. The fourth-order valence-electron chi connectivity index (χ4n) is 2.14. The molecule has 6 heteroatoms. The first-order valence-electron chi connectivity index (χ1n) is 8.26. The molecule has 2 aromatic rings. The minimum absolute atomic E-state index is 0.194. The van der Waals surface area contributed by atoms with Crippen LogP contribution in [0.4, 0.5) is 5.69 Å². The van der Waals surface area contributed by atoms with E-state index in [1.807, 2.05) is 24.3 Å². The van der Waals surface area contributed by atoms with Crippen LogP contribution in [0.3, 0.4) is 0 Å². The van der Waals surface area contributed by atoms with E-state index >= 15 is 0 Å². The smallest absolute Gasteiger partial charge is 0.262 e. The molecule has 0 aromatic heterocycles. The Hall–Kier alpha value is -3.20. The lowest BCUT2D eigenvalue weighted by Crippen LogP contribution is -2.21. The number of methoxy groups -OCH3 is 1. The van der Waals surface area contributed by atoms with Crippen LogP contribution in [0, 0.1) is 17.2 Å². The maximum absolute atomic E-state index is 12.2. The average Bonchev–Trinajstić information content (AvgIpc) is 2.65. The molecule has 0 aliphatic carbocycles. The lowest BCUT2D eigenvalue weighted by molar-refractivity contribution is -0.118. The van der Waals surface area contributed by atoms with Gasteiger partial charge in [0.25, 0.3) is 5.91 Å². The zero-order valence-electron chi connectivity index (χ0n) is 15.1. The second-order valence-electron chi connectivity index (χ2n) is 6.02. The van der Waals surface area contributed by atoms with Crippen molar-refractivity contribution in [3.05, 3.63) is 48.0 Å². The molecule has 26 heavy (non-hydrogen) atoms. The molecule has 0 unspecified atom stereocenters. The van der Waals surface area contributed by atoms with Gasteiger partial charge in [-0.3, -0.25) is 4.79 Å². The molecule has 1 N–H and O–H groups in total. The third-order valence-electron chi connectivity index (χ3n) is 3.38. The van der Waals surface area contributed by atoms with Crippen molar-refractivity contribution in [3.8, 4) is 23.3 Å². The standard InChI is InChI=1S/C20H22N2O4/c1-14(2)12-25-17-7-5-4-6-16(17)22-20(23)13-26-18-9-8-15(11-21)10-19(18)24-3/h4-10,14H,12-13H2,1-3H3,(H,22,23). The zero-order chi connectivity index (χ0) is 18.9. The summed E-state index contributed by atoms with van der Waals surface area (Å²) in [5.74, 6) is 1.47. The predicted octanol–water partition coefficient (Wildman–Crippen LogP) is 3.62. The van der Waals surface area contributed by atoms with E-state index in [-0.39, 0.29) is 12.5 Å². The van der Waals surface area contributed by atoms with Gasteiger partial charge in [-0.05, 0) is 30.2 Å². The summed E-state index contributed by atoms with van der Waals surface area (Å²) in [5.41, 5.74) is 1.04. The zero-order valence-corrected chi connectivity index (χ0v) is 15.1. The number of para-hydroxylation sites is 2. The quantitative estimate of drug-likeness (QED) is 0.783. The number of carbonyl (C=O) groups is 1. The summed E-state index contributed by atoms with van der Waals surface area (Å²) >= 11 is 0. The lowest BCUT2D eigenvalue weighted by atomic mass is 10.2. The van der Waals surface area contributed by atoms with Gasteiger partial charge in [0.1, 0.15) is 5.75 Å². The van der Waals surface area contributed by atoms with Crippen LogP contribution < -0.4 is 19.5 Å². The first-order chi connectivity index (χ1) is 12.5. The molecule has 0 radical (unpaired) electrons. The lowest BCUT2D eigenvalue weighted by Gasteiger charge is -2.14. The molecule has 0 fully saturated rings. The summed E-state index contributed by atoms with van der Waals surface area (Å²) in [6.07, 6.45) is 0. The summed E-state index contributed by atoms with van der Waals surface area (Å²) < 4.78 is 16.4. The molecule has 136 valence electrons. The molecule has 0 bridgehead atoms. The van der Waals surface area contributed by atoms with Gasteiger partial charge in [0.15, 0.2) is 18.1 Å². The Morgan fingerprint density at radius 3 is 2.58 bits per heavy atom. The highest BCUT2D eigenvalue weighted by Crippen LogP contribution is 2.28. The van der Waals surface area contributed by atoms with Crippen molar-refractivity contribution in [2.24, 2.45) is 5.92 Å². The van der Waals surface area contributed by atoms with E-state index in [2.05, 4.69) is 19.2 Å². The van der Waals surface area contributed by atoms with Crippen molar-refractivity contribution in [1.29, 1.82) is 5.26 Å². The number of nitriles is 1. The van der Waals surface area contributed by atoms with Gasteiger partial charge < -0.3 is 19.5 Å². The molecule has 0 saturated heterocycles. The molecule has 0 heterocycles. The maximum atomic E-state index is 12.2. The van der Waals surface area contributed by atoms with Gasteiger partial charge in [0.05, 0.1) is 31.0 Å². The van der Waals surface area contributed by atoms with Crippen LogP contribution in [-0.2, 0) is 4.79 Å². The third-order valence-corrected chi connectivity index (χ3v) is 3.38. The Bertz CT molecular complexity index is 797. The molecule has 0 aliphatic heterocycles. The van der Waals surface area contributed by atoms with Crippen LogP contribution in [0.5, 0.6) is 17.2 Å². The molecule has 2 rings (SSSR count). The molecule has 6 nitrogen and oxygen atoms in total. The number of rotatable bonds is 8. The molecular formula is C20H22N2O4. The summed E-state index contributed by atoms with van der Waals surface area (Å²) in [4.78, 5) is 12.2. The number of benzene rings is 2. The largest absolute Gasteiger partial charge is 0.493 e. The molecule has 1 amide bonds. The SMILES string of the molecule is COc1cc(C#N)ccc1OCC(=O)Nc1ccccc1OCC(C)C. The predicted molar refractivity (Wildman–Crippen MR) is 98.6 cm³/mol. The normalized spacial score (nSPS) is 10.1. The fraction of sp³-hybridized carbons (Fsp3) is 0.300. The van der Waals surface area contributed by atoms with Crippen LogP contribution in [0.2, 0.25) is 0 Å². The highest BCUT2D eigenvalue weighted by molar-refractivity contribution is 5.93. The van der Waals surface area contributed by atoms with E-state index < -0.39 is 0 Å². The number of hydrogen-bond acceptors (Lipinski definition) is 5. The Labute approximate surface area is 153 Å². The summed E-state index contributed by atoms with van der Waals surface area (Å²) in [6.45, 7) is 4.48. The monoisotopic (exact) mass is 354 g/mol. The summed E-state index contributed by atoms with van der Waals surface area (Å²) in [6, 6.07) is 14.0. The highest BCUT2D eigenvalue weighted by Gasteiger charge is 2.11. The van der Waals surface area contributed by atoms with Gasteiger partial charge in [-0.1, -0.05) is 26.0 Å². The van der Waals surface area contributed by atoms with Crippen molar-refractivity contribution in [1.82, 2.24) is 0 Å². The van der Waals surface area contributed by atoms with Gasteiger partial charge in [0.2, 0.25) is 0 Å². The van der Waals surface area contributed by atoms with Gasteiger partial charge in [0, 0.05) is 6.07 Å². The van der Waals surface area contributed by atoms with Crippen molar-refractivity contribution in [2.45, 2.75) is 13.8 Å². The van der Waals surface area contributed by atoms with Crippen LogP contribution in [0.1, 0.15) is 19.4 Å². The van der Waals surface area contributed by atoms with E-state index in [0.717, 1.165) is 0 Å². The number of ether oxygens (including phenoxy) is 3. The summed E-state index contributed by atoms with van der Waals surface area (Å²) in [7, 11) is 1.48. The number of nitrogens with zero attached hydrogens (tertiary/aromatic N) is 1. The van der Waals surface area contributed by atoms with Crippen molar-refractivity contribution < 1.29 is 19.0 Å².